The van der Waals surface area contributed by atoms with Crippen molar-refractivity contribution < 1.29 is 186 Å². The van der Waals surface area contributed by atoms with Crippen LogP contribution in [0.3, 0.4) is 0 Å². The molecule has 36 nitrogen and oxygen atoms in total. The highest BCUT2D eigenvalue weighted by molar-refractivity contribution is 5.77. The van der Waals surface area contributed by atoms with Crippen molar-refractivity contribution in [3.63, 3.8) is 0 Å². The summed E-state index contributed by atoms with van der Waals surface area (Å²) in [5.74, 6) is 6.31. The average Bonchev–Trinajstić information content (AvgIpc) is 3.46. The minimum Gasteiger partial charge on any atom is -0.870 e. The van der Waals surface area contributed by atoms with Gasteiger partial charge in [-0.25, -0.2) is 0 Å². The predicted octanol–water partition coefficient (Wildman–Crippen LogP) is 9.22. The van der Waals surface area contributed by atoms with Gasteiger partial charge in [-0.15, -0.1) is 18.9 Å². The van der Waals surface area contributed by atoms with Crippen LogP contribution in [-0.4, -0.2) is 217 Å². The van der Waals surface area contributed by atoms with E-state index in [0.29, 0.717) is 49.5 Å². The van der Waals surface area contributed by atoms with Crippen LogP contribution in [0, 0.1) is 59.2 Å². The van der Waals surface area contributed by atoms with Gasteiger partial charge in [0.15, 0.2) is 0 Å². The molecule has 0 aliphatic rings. The summed E-state index contributed by atoms with van der Waals surface area (Å²) < 4.78 is 0. The molecule has 0 saturated carbocycles. The highest BCUT2D eigenvalue weighted by atomic mass is 16.3. The average molecular weight is 1700 g/mol. The minimum absolute atomic E-state index is 0. The zero-order valence-corrected chi connectivity index (χ0v) is 77.7. The summed E-state index contributed by atoms with van der Waals surface area (Å²) in [6.45, 7) is 83.0. The number of allylic oxidation sites excluding steroid dienone is 5. The number of hydrogen-bond donors (Lipinski definition) is 5. The number of Topliss-reactive ketones (excluding diaryl/α,β-unsaturated/α-hetero) is 3. The second-order valence-corrected chi connectivity index (χ2v) is 24.9. The first kappa shape index (κ1) is 252. The summed E-state index contributed by atoms with van der Waals surface area (Å²) in [7, 11) is 0. The predicted molar refractivity (Wildman–Crippen MR) is 455 cm³/mol. The smallest absolute Gasteiger partial charge is 0.373 e. The molecule has 0 amide bonds. The minimum atomic E-state index is -0.700. The van der Waals surface area contributed by atoms with E-state index in [-0.39, 0.29) is 165 Å². The second kappa shape index (κ2) is 253. The fraction of sp³-hybridized carbons (Fsp3) is 0.756. The third-order valence-electron chi connectivity index (χ3n) is 8.53. The van der Waals surface area contributed by atoms with Gasteiger partial charge in [0.1, 0.15) is 42.5 Å². The third kappa shape index (κ3) is 1230. The zero-order valence-electron chi connectivity index (χ0n) is 77.7. The SMILES string of the molecule is C=C=C(C)C.C=CC(C)C.C=CC(C)C.CC(=O)C(C)C.CC(C)(O)CCO.CC(C)=O.CC(C)=O.CC(C)C(O)CO.CC(C)C=O.CC(C)CC=O.CC(C)CCO.CC=C(C)C.CC=O.CCC(C)C.CCC(C)C.CCC(C)C.CCC=O.O.O.O.O.O.O.O.O.O.O=C=O.O=C=O.O=C=O.[OH-].[OH-].[OH-].[OH-].[OH-].[OH-].[OH-].[OH-].[OH-]. The molecule has 0 rings (SSSR count). The number of aliphatic hydroxyl groups excluding tert-OH is 4. The van der Waals surface area contributed by atoms with Crippen LogP contribution in [-0.2, 0) is 62.3 Å². The number of rotatable bonds is 16. The largest absolute Gasteiger partial charge is 0.870 e. The number of aldehydes is 4. The van der Waals surface area contributed by atoms with Crippen molar-refractivity contribution in [1.82, 2.24) is 0 Å². The Morgan fingerprint density at radius 3 is 0.596 bits per heavy atom. The van der Waals surface area contributed by atoms with Crippen LogP contribution < -0.4 is 0 Å². The summed E-state index contributed by atoms with van der Waals surface area (Å²) >= 11 is 0. The van der Waals surface area contributed by atoms with Gasteiger partial charge in [0, 0.05) is 37.9 Å². The quantitative estimate of drug-likeness (QED) is 0.0545. The molecule has 1 atom stereocenters. The van der Waals surface area contributed by atoms with E-state index in [1.54, 1.807) is 20.8 Å². The molecule has 1 unspecified atom stereocenters. The van der Waals surface area contributed by atoms with Gasteiger partial charge in [-0.05, 0) is 156 Å². The fourth-order valence-electron chi connectivity index (χ4n) is 0.935. The Bertz CT molecular complexity index is 1590. The molecule has 0 saturated heterocycles. The van der Waals surface area contributed by atoms with Gasteiger partial charge in [0.05, 0.1) is 18.3 Å². The highest BCUT2D eigenvalue weighted by Crippen LogP contribution is 2.04. The third-order valence-corrected chi connectivity index (χ3v) is 8.53. The lowest BCUT2D eigenvalue weighted by Gasteiger charge is -2.13. The van der Waals surface area contributed by atoms with Crippen LogP contribution in [0.2, 0.25) is 0 Å². The Hall–Kier alpha value is -6.35. The summed E-state index contributed by atoms with van der Waals surface area (Å²) in [6.07, 6.45) is 16.2. The Morgan fingerprint density at radius 1 is 0.430 bits per heavy atom. The Morgan fingerprint density at radius 2 is 0.596 bits per heavy atom. The Labute approximate surface area is 691 Å². The zero-order chi connectivity index (χ0) is 82.6. The van der Waals surface area contributed by atoms with Crippen molar-refractivity contribution in [1.29, 1.82) is 0 Å². The molecule has 36 heteroatoms. The molecule has 0 aromatic rings. The van der Waals surface area contributed by atoms with Crippen LogP contribution in [0.4, 0.5) is 0 Å². The fourth-order valence-corrected chi connectivity index (χ4v) is 0.935. The lowest BCUT2D eigenvalue weighted by molar-refractivity contribution is -0.193. The van der Waals surface area contributed by atoms with E-state index in [9.17, 15) is 28.8 Å². The highest BCUT2D eigenvalue weighted by Gasteiger charge is 2.09. The molecule has 724 valence electrons. The van der Waals surface area contributed by atoms with Crippen molar-refractivity contribution in [2.24, 2.45) is 59.2 Å². The summed E-state index contributed by atoms with van der Waals surface area (Å²) in [5.41, 5.74) is 4.52. The van der Waals surface area contributed by atoms with E-state index in [0.717, 1.165) is 54.9 Å². The van der Waals surface area contributed by atoms with E-state index in [2.05, 4.69) is 149 Å². The molecule has 114 heavy (non-hydrogen) atoms. The number of ketones is 3. The number of aliphatic hydroxyl groups is 5. The van der Waals surface area contributed by atoms with Crippen molar-refractivity contribution in [2.45, 2.75) is 313 Å². The molecular formula is C78H187O36-9. The normalized spacial score (nSPS) is 7.12. The van der Waals surface area contributed by atoms with Gasteiger partial charge in [-0.1, -0.05) is 216 Å². The van der Waals surface area contributed by atoms with Crippen LogP contribution in [0.5, 0.6) is 0 Å². The first-order valence-electron chi connectivity index (χ1n) is 33.2. The van der Waals surface area contributed by atoms with Gasteiger partial charge >= 0.3 is 18.5 Å². The van der Waals surface area contributed by atoms with Crippen LogP contribution in [0.1, 0.15) is 301 Å². The number of hydrogen-bond acceptors (Lipinski definition) is 27. The molecule has 0 fully saturated rings. The van der Waals surface area contributed by atoms with Crippen molar-refractivity contribution >= 4 is 60.9 Å². The molecule has 0 aliphatic heterocycles. The molecule has 0 bridgehead atoms. The second-order valence-electron chi connectivity index (χ2n) is 24.9. The van der Waals surface area contributed by atoms with E-state index in [1.165, 1.54) is 59.5 Å². The standard InChI is InChI=1S/2C5H12O2.C5H12O.2C5H10O.3C5H12.3C5H10.C5H8.C4H8O.3C3H6O.C2H4O.3CO2.18H2O/c1-5(2,7)3-4-6;1-4(2)5(7)3-6;2*1-5(2)3-4-6;1-4(2)5(3)6;7*1-4-5(2)3;1-4(2)3-5;2*1-3(2)4;1-2-3-4;1-2-3;3*2-1-3;;;;;;;;;;;;;;;;;;/h6-7H,3-4H2,1-2H3;4-7H,3H2,1-2H3;5-6H,3-4H2,1-2H3;4-5H,3H2,1-2H3;4H,1-3H3;3*5H,4H2,1-3H3;4H,1-3H3;2*4-5H,1H2,2-3H3;1H2,2-3H3;3-4H,1-2H3;2*1-2H3;3H,2H2,1H3;2H,1H3;;;;18*1H2/p-9. The number of carbonyl (C=O) groups excluding carboxylic acids is 13. The number of carbonyl (C=O) groups is 7. The molecule has 0 spiro atoms. The Balaban J connectivity index is -0.0000000147. The lowest BCUT2D eigenvalue weighted by atomic mass is 10.1. The first-order valence-corrected chi connectivity index (χ1v) is 33.2. The maximum absolute atomic E-state index is 10.1. The van der Waals surface area contributed by atoms with Gasteiger partial charge < -0.3 is 153 Å². The molecular weight excluding hydrogens is 1510 g/mol. The van der Waals surface area contributed by atoms with E-state index in [1.807, 2.05) is 95.2 Å². The summed E-state index contributed by atoms with van der Waals surface area (Å²) in [6, 6.07) is 0. The summed E-state index contributed by atoms with van der Waals surface area (Å²) in [4.78, 5) is 115. The van der Waals surface area contributed by atoms with Crippen LogP contribution in [0.25, 0.3) is 0 Å². The van der Waals surface area contributed by atoms with Crippen molar-refractivity contribution in [3.05, 3.63) is 54.8 Å². The van der Waals surface area contributed by atoms with E-state index >= 15 is 0 Å². The van der Waals surface area contributed by atoms with Crippen LogP contribution >= 0.6 is 0 Å². The maximum atomic E-state index is 10.1. The molecule has 0 radical (unpaired) electrons. The van der Waals surface area contributed by atoms with Gasteiger partial charge in [-0.3, -0.25) is 4.79 Å². The first-order chi connectivity index (χ1) is 43.6. The maximum Gasteiger partial charge on any atom is 0.373 e. The summed E-state index contributed by atoms with van der Waals surface area (Å²) in [5, 5.41) is 42.3. The monoisotopic (exact) mass is 1700 g/mol. The van der Waals surface area contributed by atoms with E-state index < -0.39 is 11.7 Å². The topological polar surface area (TPSA) is 877 Å². The molecule has 32 N–H and O–H groups in total. The van der Waals surface area contributed by atoms with Gasteiger partial charge in [-0.2, -0.15) is 28.8 Å². The van der Waals surface area contributed by atoms with Gasteiger partial charge in [0.25, 0.3) is 0 Å². The van der Waals surface area contributed by atoms with Crippen molar-refractivity contribution in [3.8, 4) is 0 Å². The van der Waals surface area contributed by atoms with Crippen LogP contribution in [0.15, 0.2) is 54.8 Å². The van der Waals surface area contributed by atoms with Gasteiger partial charge in [0.2, 0.25) is 0 Å². The Kier molecular flexibility index (Phi) is 559. The van der Waals surface area contributed by atoms with E-state index in [4.69, 9.17) is 59.1 Å². The molecule has 0 aliphatic carbocycles. The molecule has 0 heterocycles. The van der Waals surface area contributed by atoms with Crippen molar-refractivity contribution in [2.75, 3.05) is 19.8 Å². The molecule has 0 aromatic carbocycles. The lowest BCUT2D eigenvalue weighted by Crippen LogP contribution is -2.19. The molecule has 0 aromatic heterocycles.